The van der Waals surface area contributed by atoms with E-state index in [2.05, 4.69) is 20.9 Å². The van der Waals surface area contributed by atoms with Crippen LogP contribution in [-0.2, 0) is 5.60 Å². The van der Waals surface area contributed by atoms with E-state index < -0.39 is 5.60 Å². The summed E-state index contributed by atoms with van der Waals surface area (Å²) >= 11 is 0. The molecular formula is C20H28NO+. The van der Waals surface area contributed by atoms with Crippen LogP contribution in [0.5, 0.6) is 0 Å². The zero-order valence-electron chi connectivity index (χ0n) is 14.0. The summed E-state index contributed by atoms with van der Waals surface area (Å²) in [5, 5.41) is 11.5. The Morgan fingerprint density at radius 2 is 1.23 bits per heavy atom. The molecule has 0 atom stereocenters. The Morgan fingerprint density at radius 1 is 0.818 bits per heavy atom. The van der Waals surface area contributed by atoms with Crippen LogP contribution >= 0.6 is 0 Å². The third-order valence-electron chi connectivity index (χ3n) is 5.04. The summed E-state index contributed by atoms with van der Waals surface area (Å²) in [6.45, 7) is 7.54. The summed E-state index contributed by atoms with van der Waals surface area (Å²) in [7, 11) is 2.26. The zero-order chi connectivity index (χ0) is 16.1. The minimum absolute atomic E-state index is 0.721. The third-order valence-corrected chi connectivity index (χ3v) is 5.04. The molecular weight excluding hydrogens is 270 g/mol. The highest BCUT2D eigenvalue weighted by Gasteiger charge is 2.34. The van der Waals surface area contributed by atoms with E-state index in [-0.39, 0.29) is 0 Å². The predicted octanol–water partition coefficient (Wildman–Crippen LogP) is 3.80. The van der Waals surface area contributed by atoms with Gasteiger partial charge in [-0.2, -0.15) is 0 Å². The minimum atomic E-state index is -0.924. The molecule has 2 nitrogen and oxygen atoms in total. The normalized spacial score (nSPS) is 12.4. The Hall–Kier alpha value is -1.64. The van der Waals surface area contributed by atoms with Crippen molar-refractivity contribution < 1.29 is 9.59 Å². The van der Waals surface area contributed by atoms with E-state index in [0.717, 1.165) is 41.7 Å². The van der Waals surface area contributed by atoms with Gasteiger partial charge >= 0.3 is 0 Å². The Morgan fingerprint density at radius 3 is 1.59 bits per heavy atom. The van der Waals surface area contributed by atoms with Crippen molar-refractivity contribution in [2.45, 2.75) is 25.9 Å². The van der Waals surface area contributed by atoms with Crippen LogP contribution in [0, 0.1) is 0 Å². The molecule has 2 heteroatoms. The van der Waals surface area contributed by atoms with Gasteiger partial charge in [-0.25, -0.2) is 0 Å². The first-order chi connectivity index (χ1) is 10.5. The van der Waals surface area contributed by atoms with Crippen molar-refractivity contribution in [1.82, 2.24) is 0 Å². The molecule has 0 aliphatic rings. The molecule has 118 valence electrons. The van der Waals surface area contributed by atoms with Gasteiger partial charge in [0.2, 0.25) is 0 Å². The quantitative estimate of drug-likeness (QED) is 0.771. The third kappa shape index (κ3) is 3.57. The molecule has 1 N–H and O–H groups in total. The van der Waals surface area contributed by atoms with Gasteiger partial charge in [-0.1, -0.05) is 60.7 Å². The molecule has 0 aliphatic heterocycles. The van der Waals surface area contributed by atoms with Crippen molar-refractivity contribution in [2.24, 2.45) is 0 Å². The molecule has 0 heterocycles. The van der Waals surface area contributed by atoms with Crippen LogP contribution in [0.4, 0.5) is 0 Å². The molecule has 2 aromatic carbocycles. The number of hydrogen-bond acceptors (Lipinski definition) is 1. The van der Waals surface area contributed by atoms with Crippen molar-refractivity contribution >= 4 is 0 Å². The van der Waals surface area contributed by atoms with Crippen LogP contribution in [-0.4, -0.2) is 36.3 Å². The highest BCUT2D eigenvalue weighted by Crippen LogP contribution is 2.33. The first-order valence-corrected chi connectivity index (χ1v) is 8.21. The largest absolute Gasteiger partial charge is 0.380 e. The van der Waals surface area contributed by atoms with Crippen LogP contribution in [0.2, 0.25) is 0 Å². The van der Waals surface area contributed by atoms with E-state index in [1.54, 1.807) is 0 Å². The van der Waals surface area contributed by atoms with Crippen LogP contribution in [0.25, 0.3) is 0 Å². The molecule has 0 saturated carbocycles. The standard InChI is InChI=1S/C20H28NO/c1-4-21(3,5-2)17-16-20(22,18-12-8-6-9-13-18)19-14-10-7-11-15-19/h6-15,22H,4-5,16-17H2,1-3H3/q+1. The molecule has 2 aromatic rings. The first kappa shape index (κ1) is 16.7. The molecule has 2 rings (SSSR count). The molecule has 0 bridgehead atoms. The number of aliphatic hydroxyl groups is 1. The fraction of sp³-hybridized carbons (Fsp3) is 0.400. The maximum atomic E-state index is 11.5. The van der Waals surface area contributed by atoms with E-state index in [4.69, 9.17) is 0 Å². The van der Waals surface area contributed by atoms with Crippen LogP contribution in [0.1, 0.15) is 31.4 Å². The first-order valence-electron chi connectivity index (χ1n) is 8.21. The topological polar surface area (TPSA) is 20.2 Å². The molecule has 0 saturated heterocycles. The molecule has 0 unspecified atom stereocenters. The molecule has 22 heavy (non-hydrogen) atoms. The van der Waals surface area contributed by atoms with Gasteiger partial charge in [0.05, 0.1) is 26.7 Å². The number of nitrogens with zero attached hydrogens (tertiary/aromatic N) is 1. The van der Waals surface area contributed by atoms with E-state index in [0.29, 0.717) is 0 Å². The summed E-state index contributed by atoms with van der Waals surface area (Å²) in [5.41, 5.74) is 1.02. The summed E-state index contributed by atoms with van der Waals surface area (Å²) in [6, 6.07) is 20.1. The van der Waals surface area contributed by atoms with Crippen LogP contribution in [0.3, 0.4) is 0 Å². The van der Waals surface area contributed by atoms with Crippen LogP contribution < -0.4 is 0 Å². The van der Waals surface area contributed by atoms with Crippen molar-refractivity contribution in [1.29, 1.82) is 0 Å². The van der Waals surface area contributed by atoms with Gasteiger partial charge in [0, 0.05) is 6.42 Å². The summed E-state index contributed by atoms with van der Waals surface area (Å²) in [6.07, 6.45) is 0.721. The highest BCUT2D eigenvalue weighted by atomic mass is 16.3. The number of hydrogen-bond donors (Lipinski definition) is 1. The Balaban J connectivity index is 2.35. The Bertz CT molecular complexity index is 521. The number of benzene rings is 2. The van der Waals surface area contributed by atoms with Gasteiger partial charge in [-0.05, 0) is 25.0 Å². The molecule has 0 radical (unpaired) electrons. The summed E-state index contributed by atoms with van der Waals surface area (Å²) in [5.74, 6) is 0. The molecule has 0 spiro atoms. The second-order valence-electron chi connectivity index (χ2n) is 6.32. The van der Waals surface area contributed by atoms with E-state index in [1.165, 1.54) is 0 Å². The van der Waals surface area contributed by atoms with E-state index >= 15 is 0 Å². The zero-order valence-corrected chi connectivity index (χ0v) is 14.0. The highest BCUT2D eigenvalue weighted by molar-refractivity contribution is 5.35. The Labute approximate surface area is 134 Å². The van der Waals surface area contributed by atoms with Crippen molar-refractivity contribution in [3.8, 4) is 0 Å². The lowest BCUT2D eigenvalue weighted by atomic mass is 9.83. The molecule has 0 aliphatic carbocycles. The second-order valence-corrected chi connectivity index (χ2v) is 6.32. The van der Waals surface area contributed by atoms with Gasteiger partial charge in [0.25, 0.3) is 0 Å². The number of quaternary nitrogens is 1. The maximum Gasteiger partial charge on any atom is 0.120 e. The maximum absolute atomic E-state index is 11.5. The SMILES string of the molecule is CC[N+](C)(CC)CCC(O)(c1ccccc1)c1ccccc1. The summed E-state index contributed by atoms with van der Waals surface area (Å²) in [4.78, 5) is 0. The van der Waals surface area contributed by atoms with Crippen LogP contribution in [0.15, 0.2) is 60.7 Å². The molecule has 0 amide bonds. The second kappa shape index (κ2) is 7.08. The molecule has 0 aromatic heterocycles. The fourth-order valence-electron chi connectivity index (χ4n) is 2.85. The Kier molecular flexibility index (Phi) is 5.38. The predicted molar refractivity (Wildman–Crippen MR) is 92.6 cm³/mol. The van der Waals surface area contributed by atoms with Gasteiger partial charge in [0.1, 0.15) is 5.60 Å². The van der Waals surface area contributed by atoms with E-state index in [9.17, 15) is 5.11 Å². The average molecular weight is 298 g/mol. The fourth-order valence-corrected chi connectivity index (χ4v) is 2.85. The van der Waals surface area contributed by atoms with Gasteiger partial charge in [0.15, 0.2) is 0 Å². The van der Waals surface area contributed by atoms with Crippen molar-refractivity contribution in [2.75, 3.05) is 26.7 Å². The van der Waals surface area contributed by atoms with E-state index in [1.807, 2.05) is 60.7 Å². The van der Waals surface area contributed by atoms with Crippen molar-refractivity contribution in [3.05, 3.63) is 71.8 Å². The number of rotatable bonds is 7. The monoisotopic (exact) mass is 298 g/mol. The average Bonchev–Trinajstić information content (AvgIpc) is 2.61. The van der Waals surface area contributed by atoms with Gasteiger partial charge in [-0.3, -0.25) is 0 Å². The summed E-state index contributed by atoms with van der Waals surface area (Å²) < 4.78 is 0.974. The van der Waals surface area contributed by atoms with Gasteiger partial charge in [-0.15, -0.1) is 0 Å². The molecule has 0 fully saturated rings. The minimum Gasteiger partial charge on any atom is -0.380 e. The smallest absolute Gasteiger partial charge is 0.120 e. The lowest BCUT2D eigenvalue weighted by Gasteiger charge is -2.37. The van der Waals surface area contributed by atoms with Crippen molar-refractivity contribution in [3.63, 3.8) is 0 Å². The lowest BCUT2D eigenvalue weighted by Crippen LogP contribution is -2.47. The van der Waals surface area contributed by atoms with Gasteiger partial charge < -0.3 is 9.59 Å². The lowest BCUT2D eigenvalue weighted by molar-refractivity contribution is -0.907.